The van der Waals surface area contributed by atoms with Crippen LogP contribution in [-0.4, -0.2) is 20.9 Å². The predicted octanol–water partition coefficient (Wildman–Crippen LogP) is 2.93. The van der Waals surface area contributed by atoms with Crippen LogP contribution >= 0.6 is 0 Å². The van der Waals surface area contributed by atoms with Crippen molar-refractivity contribution in [2.45, 2.75) is 19.8 Å². The molecule has 4 rings (SSSR count). The van der Waals surface area contributed by atoms with E-state index in [1.807, 2.05) is 12.1 Å². The van der Waals surface area contributed by atoms with E-state index in [1.54, 1.807) is 24.7 Å². The number of nitriles is 1. The molecule has 3 aromatic heterocycles. The summed E-state index contributed by atoms with van der Waals surface area (Å²) in [5.74, 6) is 0.222. The molecule has 0 bridgehead atoms. The van der Waals surface area contributed by atoms with Gasteiger partial charge in [-0.25, -0.2) is 9.97 Å². The number of nitrogens with one attached hydrogen (secondary N) is 1. The smallest absolute Gasteiger partial charge is 0.230 e. The maximum absolute atomic E-state index is 12.2. The van der Waals surface area contributed by atoms with Crippen molar-refractivity contribution in [3.8, 4) is 17.3 Å². The number of hydrogen-bond donors (Lipinski definition) is 2. The third-order valence-electron chi connectivity index (χ3n) is 4.86. The first-order chi connectivity index (χ1) is 13.1. The normalized spacial score (nSPS) is 18.1. The Morgan fingerprint density at radius 1 is 1.41 bits per heavy atom. The summed E-state index contributed by atoms with van der Waals surface area (Å²) in [6, 6.07) is 7.79. The molecule has 0 saturated heterocycles. The van der Waals surface area contributed by atoms with Crippen molar-refractivity contribution in [3.63, 3.8) is 0 Å². The second kappa shape index (κ2) is 6.65. The molecule has 1 aliphatic rings. The molecular formula is C20H18N6O. The van der Waals surface area contributed by atoms with E-state index in [1.165, 1.54) is 0 Å². The molecule has 3 aromatic rings. The lowest BCUT2D eigenvalue weighted by Crippen LogP contribution is -2.15. The minimum absolute atomic E-state index is 0.170. The van der Waals surface area contributed by atoms with E-state index in [-0.39, 0.29) is 17.7 Å². The van der Waals surface area contributed by atoms with Crippen LogP contribution in [0, 0.1) is 23.2 Å². The Morgan fingerprint density at radius 3 is 3.00 bits per heavy atom. The molecule has 1 fully saturated rings. The highest BCUT2D eigenvalue weighted by molar-refractivity contribution is 5.98. The van der Waals surface area contributed by atoms with Gasteiger partial charge in [-0.1, -0.05) is 6.92 Å². The molecule has 1 amide bonds. The summed E-state index contributed by atoms with van der Waals surface area (Å²) in [5.41, 5.74) is 8.94. The van der Waals surface area contributed by atoms with Crippen molar-refractivity contribution >= 4 is 28.3 Å². The van der Waals surface area contributed by atoms with Crippen LogP contribution in [0.4, 0.5) is 11.6 Å². The SMILES string of the molecule is CCc1ccncc1-c1cc2cc(NC(=O)C3CC3C#N)ncc2c(N)n1. The number of nitrogens with zero attached hydrogens (tertiary/aromatic N) is 4. The van der Waals surface area contributed by atoms with E-state index in [9.17, 15) is 4.79 Å². The van der Waals surface area contributed by atoms with Gasteiger partial charge in [-0.2, -0.15) is 5.26 Å². The summed E-state index contributed by atoms with van der Waals surface area (Å²) in [6.07, 6.45) is 6.62. The summed E-state index contributed by atoms with van der Waals surface area (Å²) in [5, 5.41) is 13.2. The van der Waals surface area contributed by atoms with Gasteiger partial charge in [0.05, 0.1) is 23.6 Å². The number of hydrogen-bond acceptors (Lipinski definition) is 6. The van der Waals surface area contributed by atoms with Gasteiger partial charge in [-0.05, 0) is 42.0 Å². The highest BCUT2D eigenvalue weighted by atomic mass is 16.2. The standard InChI is InChI=1S/C20H18N6O/c1-2-11-3-4-23-9-15(11)17-6-12-7-18(24-10-16(12)19(22)25-17)26-20(27)14-5-13(14)8-21/h3-4,6-7,9-10,13-14H,2,5H2,1H3,(H2,22,25)(H,24,26,27). The highest BCUT2D eigenvalue weighted by Gasteiger charge is 2.43. The molecule has 3 heterocycles. The number of nitrogens with two attached hydrogens (primary N) is 1. The number of aryl methyl sites for hydroxylation is 1. The number of carbonyl (C=O) groups excluding carboxylic acids is 1. The van der Waals surface area contributed by atoms with E-state index in [4.69, 9.17) is 11.0 Å². The Hall–Kier alpha value is -3.53. The van der Waals surface area contributed by atoms with Crippen molar-refractivity contribution in [3.05, 3.63) is 42.4 Å². The average molecular weight is 358 g/mol. The van der Waals surface area contributed by atoms with Gasteiger partial charge in [-0.3, -0.25) is 9.78 Å². The molecule has 7 heteroatoms. The predicted molar refractivity (Wildman–Crippen MR) is 102 cm³/mol. The van der Waals surface area contributed by atoms with Crippen molar-refractivity contribution in [1.29, 1.82) is 5.26 Å². The van der Waals surface area contributed by atoms with Crippen molar-refractivity contribution in [2.75, 3.05) is 11.1 Å². The fourth-order valence-electron chi connectivity index (χ4n) is 3.19. The molecule has 7 nitrogen and oxygen atoms in total. The zero-order valence-corrected chi connectivity index (χ0v) is 14.8. The van der Waals surface area contributed by atoms with Crippen LogP contribution in [0.3, 0.4) is 0 Å². The van der Waals surface area contributed by atoms with Gasteiger partial charge in [0, 0.05) is 29.5 Å². The van der Waals surface area contributed by atoms with Crippen LogP contribution in [0.1, 0.15) is 18.9 Å². The lowest BCUT2D eigenvalue weighted by atomic mass is 10.0. The lowest BCUT2D eigenvalue weighted by Gasteiger charge is -2.10. The molecule has 0 radical (unpaired) electrons. The molecule has 0 aliphatic heterocycles. The second-order valence-electron chi connectivity index (χ2n) is 6.64. The first-order valence-corrected chi connectivity index (χ1v) is 8.80. The third kappa shape index (κ3) is 3.17. The van der Waals surface area contributed by atoms with Gasteiger partial charge < -0.3 is 11.1 Å². The zero-order chi connectivity index (χ0) is 19.0. The molecule has 1 saturated carbocycles. The molecule has 0 spiro atoms. The molecule has 134 valence electrons. The number of aromatic nitrogens is 3. The Bertz CT molecular complexity index is 1090. The van der Waals surface area contributed by atoms with Crippen LogP contribution in [0.5, 0.6) is 0 Å². The molecule has 2 atom stereocenters. The first-order valence-electron chi connectivity index (χ1n) is 8.80. The summed E-state index contributed by atoms with van der Waals surface area (Å²) in [6.45, 7) is 2.08. The van der Waals surface area contributed by atoms with E-state index >= 15 is 0 Å². The molecule has 0 aromatic carbocycles. The van der Waals surface area contributed by atoms with Crippen LogP contribution in [-0.2, 0) is 11.2 Å². The van der Waals surface area contributed by atoms with Crippen molar-refractivity contribution in [2.24, 2.45) is 11.8 Å². The van der Waals surface area contributed by atoms with Crippen LogP contribution in [0.2, 0.25) is 0 Å². The second-order valence-corrected chi connectivity index (χ2v) is 6.64. The van der Waals surface area contributed by atoms with Gasteiger partial charge in [-0.15, -0.1) is 0 Å². The number of pyridine rings is 3. The molecular weight excluding hydrogens is 340 g/mol. The number of rotatable bonds is 4. The molecule has 1 aliphatic carbocycles. The number of carbonyl (C=O) groups is 1. The van der Waals surface area contributed by atoms with Crippen LogP contribution < -0.4 is 11.1 Å². The van der Waals surface area contributed by atoms with E-state index in [0.29, 0.717) is 18.1 Å². The van der Waals surface area contributed by atoms with Crippen LogP contribution in [0.25, 0.3) is 22.0 Å². The number of nitrogen functional groups attached to an aromatic ring is 1. The van der Waals surface area contributed by atoms with Gasteiger partial charge in [0.1, 0.15) is 11.6 Å². The minimum Gasteiger partial charge on any atom is -0.383 e. The Morgan fingerprint density at radius 2 is 2.26 bits per heavy atom. The highest BCUT2D eigenvalue weighted by Crippen LogP contribution is 2.38. The monoisotopic (exact) mass is 358 g/mol. The van der Waals surface area contributed by atoms with Crippen LogP contribution in [0.15, 0.2) is 36.8 Å². The largest absolute Gasteiger partial charge is 0.383 e. The zero-order valence-electron chi connectivity index (χ0n) is 14.8. The minimum atomic E-state index is -0.243. The maximum Gasteiger partial charge on any atom is 0.230 e. The number of fused-ring (bicyclic) bond motifs is 1. The Labute approximate surface area is 156 Å². The molecule has 3 N–H and O–H groups in total. The molecule has 2 unspecified atom stereocenters. The summed E-state index contributed by atoms with van der Waals surface area (Å²) >= 11 is 0. The Balaban J connectivity index is 1.70. The third-order valence-corrected chi connectivity index (χ3v) is 4.86. The summed E-state index contributed by atoms with van der Waals surface area (Å²) < 4.78 is 0. The summed E-state index contributed by atoms with van der Waals surface area (Å²) in [4.78, 5) is 25.1. The Kier molecular flexibility index (Phi) is 4.16. The van der Waals surface area contributed by atoms with Gasteiger partial charge in [0.15, 0.2) is 0 Å². The van der Waals surface area contributed by atoms with Crippen molar-refractivity contribution < 1.29 is 4.79 Å². The van der Waals surface area contributed by atoms with Crippen molar-refractivity contribution in [1.82, 2.24) is 15.0 Å². The van der Waals surface area contributed by atoms with Gasteiger partial charge in [0.25, 0.3) is 0 Å². The quantitative estimate of drug-likeness (QED) is 0.740. The van der Waals surface area contributed by atoms with E-state index in [2.05, 4.69) is 33.3 Å². The fraction of sp³-hybridized carbons (Fsp3) is 0.250. The molecule has 27 heavy (non-hydrogen) atoms. The average Bonchev–Trinajstić information content (AvgIpc) is 3.47. The van der Waals surface area contributed by atoms with E-state index < -0.39 is 0 Å². The topological polar surface area (TPSA) is 118 Å². The number of anilines is 2. The van der Waals surface area contributed by atoms with E-state index in [0.717, 1.165) is 34.0 Å². The van der Waals surface area contributed by atoms with Gasteiger partial charge >= 0.3 is 0 Å². The first kappa shape index (κ1) is 16.9. The lowest BCUT2D eigenvalue weighted by molar-refractivity contribution is -0.117. The van der Waals surface area contributed by atoms with Gasteiger partial charge in [0.2, 0.25) is 5.91 Å². The number of amides is 1. The summed E-state index contributed by atoms with van der Waals surface area (Å²) in [7, 11) is 0. The maximum atomic E-state index is 12.2. The fourth-order valence-corrected chi connectivity index (χ4v) is 3.19.